The SMILES string of the molecule is CCCCNC(=O)[C@@H](CC)N(Cc1ccc(F)cc1)C(=O)CN(c1ccccc1)S(=O)(=O)c1ccc(F)cc1. The van der Waals surface area contributed by atoms with Gasteiger partial charge in [0.1, 0.15) is 24.2 Å². The Bertz CT molecular complexity index is 1340. The number of anilines is 1. The lowest BCUT2D eigenvalue weighted by atomic mass is 10.1. The molecule has 0 spiro atoms. The summed E-state index contributed by atoms with van der Waals surface area (Å²) in [5, 5.41) is 2.85. The molecule has 0 saturated carbocycles. The van der Waals surface area contributed by atoms with Crippen molar-refractivity contribution in [1.82, 2.24) is 10.2 Å². The van der Waals surface area contributed by atoms with E-state index >= 15 is 0 Å². The minimum atomic E-state index is -4.28. The molecule has 0 fully saturated rings. The van der Waals surface area contributed by atoms with Crippen LogP contribution in [0.15, 0.2) is 83.8 Å². The van der Waals surface area contributed by atoms with E-state index in [1.165, 1.54) is 29.2 Å². The molecule has 2 amide bonds. The van der Waals surface area contributed by atoms with E-state index < -0.39 is 40.2 Å². The fraction of sp³-hybridized carbons (Fsp3) is 0.310. The van der Waals surface area contributed by atoms with Crippen molar-refractivity contribution < 1.29 is 26.8 Å². The van der Waals surface area contributed by atoms with Gasteiger partial charge in [0, 0.05) is 13.1 Å². The van der Waals surface area contributed by atoms with Crippen molar-refractivity contribution >= 4 is 27.5 Å². The lowest BCUT2D eigenvalue weighted by Crippen LogP contribution is -2.52. The summed E-state index contributed by atoms with van der Waals surface area (Å²) in [7, 11) is -4.28. The van der Waals surface area contributed by atoms with E-state index in [1.807, 2.05) is 6.92 Å². The van der Waals surface area contributed by atoms with Crippen LogP contribution < -0.4 is 9.62 Å². The maximum absolute atomic E-state index is 13.9. The summed E-state index contributed by atoms with van der Waals surface area (Å²) in [6.07, 6.45) is 1.93. The van der Waals surface area contributed by atoms with Crippen LogP contribution in [0, 0.1) is 11.6 Å². The molecular formula is C29H33F2N3O4S. The highest BCUT2D eigenvalue weighted by Crippen LogP contribution is 2.25. The van der Waals surface area contributed by atoms with Crippen molar-refractivity contribution in [1.29, 1.82) is 0 Å². The van der Waals surface area contributed by atoms with Gasteiger partial charge in [0.15, 0.2) is 0 Å². The predicted molar refractivity (Wildman–Crippen MR) is 146 cm³/mol. The highest BCUT2D eigenvalue weighted by molar-refractivity contribution is 7.92. The van der Waals surface area contributed by atoms with E-state index in [0.29, 0.717) is 12.1 Å². The lowest BCUT2D eigenvalue weighted by molar-refractivity contribution is -0.140. The molecule has 0 aliphatic carbocycles. The zero-order valence-electron chi connectivity index (χ0n) is 22.0. The summed E-state index contributed by atoms with van der Waals surface area (Å²) in [6, 6.07) is 17.1. The second-order valence-corrected chi connectivity index (χ2v) is 10.9. The highest BCUT2D eigenvalue weighted by atomic mass is 32.2. The van der Waals surface area contributed by atoms with E-state index in [9.17, 15) is 26.8 Å². The van der Waals surface area contributed by atoms with Crippen LogP contribution >= 0.6 is 0 Å². The third-order valence-electron chi connectivity index (χ3n) is 6.21. The molecule has 208 valence electrons. The number of carbonyl (C=O) groups is 2. The van der Waals surface area contributed by atoms with Gasteiger partial charge in [-0.2, -0.15) is 0 Å². The molecular weight excluding hydrogens is 524 g/mol. The number of amides is 2. The van der Waals surface area contributed by atoms with Crippen molar-refractivity contribution in [2.45, 2.75) is 50.6 Å². The summed E-state index contributed by atoms with van der Waals surface area (Å²) in [4.78, 5) is 28.1. The number of carbonyl (C=O) groups excluding carboxylic acids is 2. The quantitative estimate of drug-likeness (QED) is 0.304. The Morgan fingerprint density at radius 2 is 1.46 bits per heavy atom. The molecule has 0 aliphatic rings. The molecule has 0 unspecified atom stereocenters. The van der Waals surface area contributed by atoms with E-state index in [1.54, 1.807) is 37.3 Å². The second kappa shape index (κ2) is 13.8. The Morgan fingerprint density at radius 1 is 0.872 bits per heavy atom. The molecule has 10 heteroatoms. The summed E-state index contributed by atoms with van der Waals surface area (Å²) < 4.78 is 55.3. The average molecular weight is 558 g/mol. The zero-order valence-corrected chi connectivity index (χ0v) is 22.8. The summed E-state index contributed by atoms with van der Waals surface area (Å²) in [5.74, 6) is -2.01. The molecule has 1 atom stereocenters. The van der Waals surface area contributed by atoms with Gasteiger partial charge in [0.05, 0.1) is 10.6 Å². The first kappa shape index (κ1) is 29.8. The first-order valence-electron chi connectivity index (χ1n) is 12.8. The zero-order chi connectivity index (χ0) is 28.4. The lowest BCUT2D eigenvalue weighted by Gasteiger charge is -2.33. The largest absolute Gasteiger partial charge is 0.354 e. The van der Waals surface area contributed by atoms with E-state index in [4.69, 9.17) is 0 Å². The highest BCUT2D eigenvalue weighted by Gasteiger charge is 2.33. The Kier molecular flexibility index (Phi) is 10.6. The van der Waals surface area contributed by atoms with Gasteiger partial charge in [-0.15, -0.1) is 0 Å². The molecule has 39 heavy (non-hydrogen) atoms. The van der Waals surface area contributed by atoms with E-state index in [2.05, 4.69) is 5.32 Å². The van der Waals surface area contributed by atoms with Crippen molar-refractivity contribution in [3.63, 3.8) is 0 Å². The Balaban J connectivity index is 2.00. The normalized spacial score (nSPS) is 12.0. The van der Waals surface area contributed by atoms with E-state index in [0.717, 1.165) is 41.4 Å². The molecule has 0 aliphatic heterocycles. The summed E-state index contributed by atoms with van der Waals surface area (Å²) >= 11 is 0. The van der Waals surface area contributed by atoms with Crippen molar-refractivity contribution in [2.24, 2.45) is 0 Å². The van der Waals surface area contributed by atoms with Crippen LogP contribution in [0.5, 0.6) is 0 Å². The fourth-order valence-electron chi connectivity index (χ4n) is 4.07. The van der Waals surface area contributed by atoms with E-state index in [-0.39, 0.29) is 29.5 Å². The number of nitrogens with zero attached hydrogens (tertiary/aromatic N) is 2. The number of benzene rings is 3. The number of hydrogen-bond acceptors (Lipinski definition) is 4. The molecule has 0 radical (unpaired) electrons. The number of nitrogens with one attached hydrogen (secondary N) is 1. The standard InChI is InChI=1S/C29H33F2N3O4S/c1-3-5-19-32-29(36)27(4-2)33(20-22-11-13-23(30)14-12-22)28(35)21-34(25-9-7-6-8-10-25)39(37,38)26-17-15-24(31)16-18-26/h6-18,27H,3-5,19-21H2,1-2H3,(H,32,36)/t27-/m1/s1. The Hall–Kier alpha value is -3.79. The predicted octanol–water partition coefficient (Wildman–Crippen LogP) is 4.88. The average Bonchev–Trinajstić information content (AvgIpc) is 2.93. The molecule has 0 aromatic heterocycles. The Labute approximate surface area is 228 Å². The van der Waals surface area contributed by atoms with Crippen LogP contribution in [-0.2, 0) is 26.2 Å². The van der Waals surface area contributed by atoms with Crippen molar-refractivity contribution in [3.05, 3.63) is 96.1 Å². The van der Waals surface area contributed by atoms with Crippen LogP contribution in [0.3, 0.4) is 0 Å². The third-order valence-corrected chi connectivity index (χ3v) is 7.99. The molecule has 3 rings (SSSR count). The summed E-state index contributed by atoms with van der Waals surface area (Å²) in [5.41, 5.74) is 0.814. The molecule has 3 aromatic carbocycles. The van der Waals surface area contributed by atoms with Gasteiger partial charge < -0.3 is 10.2 Å². The third kappa shape index (κ3) is 7.86. The molecule has 7 nitrogen and oxygen atoms in total. The molecule has 0 saturated heterocycles. The van der Waals surface area contributed by atoms with Gasteiger partial charge in [0.2, 0.25) is 11.8 Å². The first-order valence-corrected chi connectivity index (χ1v) is 14.3. The Morgan fingerprint density at radius 3 is 2.03 bits per heavy atom. The van der Waals surface area contributed by atoms with Gasteiger partial charge >= 0.3 is 0 Å². The number of para-hydroxylation sites is 1. The van der Waals surface area contributed by atoms with Crippen LogP contribution in [0.2, 0.25) is 0 Å². The molecule has 0 heterocycles. The van der Waals surface area contributed by atoms with Crippen molar-refractivity contribution in [3.8, 4) is 0 Å². The second-order valence-electron chi connectivity index (χ2n) is 9.02. The maximum atomic E-state index is 13.9. The molecule has 0 bridgehead atoms. The van der Waals surface area contributed by atoms with Gasteiger partial charge in [-0.3, -0.25) is 13.9 Å². The van der Waals surface area contributed by atoms with Crippen molar-refractivity contribution in [2.75, 3.05) is 17.4 Å². The molecule has 1 N–H and O–H groups in total. The topological polar surface area (TPSA) is 86.8 Å². The van der Waals surface area contributed by atoms with Gasteiger partial charge in [-0.1, -0.05) is 50.6 Å². The molecule has 3 aromatic rings. The number of hydrogen-bond donors (Lipinski definition) is 1. The number of halogens is 2. The fourth-order valence-corrected chi connectivity index (χ4v) is 5.48. The van der Waals surface area contributed by atoms with Gasteiger partial charge in [-0.05, 0) is 66.9 Å². The number of sulfonamides is 1. The van der Waals surface area contributed by atoms with Gasteiger partial charge in [-0.25, -0.2) is 17.2 Å². The van der Waals surface area contributed by atoms with Crippen LogP contribution in [-0.4, -0.2) is 44.3 Å². The minimum absolute atomic E-state index is 0.0297. The first-order chi connectivity index (χ1) is 18.7. The van der Waals surface area contributed by atoms with Crippen LogP contribution in [0.4, 0.5) is 14.5 Å². The number of unbranched alkanes of at least 4 members (excludes halogenated alkanes) is 1. The maximum Gasteiger partial charge on any atom is 0.264 e. The number of rotatable bonds is 13. The van der Waals surface area contributed by atoms with Gasteiger partial charge in [0.25, 0.3) is 10.0 Å². The summed E-state index contributed by atoms with van der Waals surface area (Å²) in [6.45, 7) is 3.56. The smallest absolute Gasteiger partial charge is 0.264 e. The minimum Gasteiger partial charge on any atom is -0.354 e. The monoisotopic (exact) mass is 557 g/mol. The van der Waals surface area contributed by atoms with Crippen LogP contribution in [0.1, 0.15) is 38.7 Å². The van der Waals surface area contributed by atoms with Crippen LogP contribution in [0.25, 0.3) is 0 Å².